The summed E-state index contributed by atoms with van der Waals surface area (Å²) in [6, 6.07) is 12.6. The van der Waals surface area contributed by atoms with Crippen LogP contribution in [0.2, 0.25) is 0 Å². The van der Waals surface area contributed by atoms with E-state index < -0.39 is 9.84 Å². The van der Waals surface area contributed by atoms with E-state index in [1.807, 2.05) is 24.3 Å². The SMILES string of the molecule is CS(=O)(=O)c1ccc2nccc(Nc3ccc4cn[nH]c4c3)c2c1. The van der Waals surface area contributed by atoms with Crippen LogP contribution in [0.5, 0.6) is 0 Å². The van der Waals surface area contributed by atoms with Gasteiger partial charge >= 0.3 is 0 Å². The molecule has 2 aromatic heterocycles. The van der Waals surface area contributed by atoms with Crippen molar-refractivity contribution in [1.29, 1.82) is 0 Å². The van der Waals surface area contributed by atoms with Crippen molar-refractivity contribution in [3.63, 3.8) is 0 Å². The molecular formula is C17H14N4O2S. The number of pyridine rings is 1. The van der Waals surface area contributed by atoms with E-state index in [0.29, 0.717) is 0 Å². The molecule has 0 amide bonds. The minimum absolute atomic E-state index is 0.273. The van der Waals surface area contributed by atoms with E-state index in [9.17, 15) is 8.42 Å². The molecular weight excluding hydrogens is 324 g/mol. The van der Waals surface area contributed by atoms with Crippen LogP contribution in [0, 0.1) is 0 Å². The monoisotopic (exact) mass is 338 g/mol. The standard InChI is InChI=1S/C17H14N4O2S/c1-24(22,23)13-4-5-15-14(9-13)16(6-7-18-15)20-12-3-2-11-10-19-21-17(11)8-12/h2-10H,1H3,(H,18,20)(H,19,21). The van der Waals surface area contributed by atoms with Crippen molar-refractivity contribution in [3.8, 4) is 0 Å². The number of sulfone groups is 1. The van der Waals surface area contributed by atoms with Crippen LogP contribution in [0.25, 0.3) is 21.8 Å². The fraction of sp³-hybridized carbons (Fsp3) is 0.0588. The lowest BCUT2D eigenvalue weighted by atomic mass is 10.1. The molecule has 7 heteroatoms. The summed E-state index contributed by atoms with van der Waals surface area (Å²) in [5.74, 6) is 0. The predicted octanol–water partition coefficient (Wildman–Crippen LogP) is 3.26. The van der Waals surface area contributed by atoms with E-state index in [4.69, 9.17) is 0 Å². The number of hydrogen-bond donors (Lipinski definition) is 2. The Morgan fingerprint density at radius 3 is 2.79 bits per heavy atom. The highest BCUT2D eigenvalue weighted by Gasteiger charge is 2.10. The summed E-state index contributed by atoms with van der Waals surface area (Å²) >= 11 is 0. The fourth-order valence-corrected chi connectivity index (χ4v) is 3.28. The molecule has 120 valence electrons. The van der Waals surface area contributed by atoms with Gasteiger partial charge in [0.05, 0.1) is 22.1 Å². The number of rotatable bonds is 3. The lowest BCUT2D eigenvalue weighted by Gasteiger charge is -2.10. The minimum Gasteiger partial charge on any atom is -0.355 e. The van der Waals surface area contributed by atoms with Gasteiger partial charge in [-0.3, -0.25) is 10.1 Å². The van der Waals surface area contributed by atoms with Gasteiger partial charge in [-0.15, -0.1) is 0 Å². The third kappa shape index (κ3) is 2.59. The first kappa shape index (κ1) is 14.6. The Morgan fingerprint density at radius 2 is 1.96 bits per heavy atom. The predicted molar refractivity (Wildman–Crippen MR) is 94.2 cm³/mol. The van der Waals surface area contributed by atoms with Gasteiger partial charge in [-0.05, 0) is 42.5 Å². The van der Waals surface area contributed by atoms with Crippen LogP contribution in [-0.4, -0.2) is 29.9 Å². The molecule has 4 rings (SSSR count). The van der Waals surface area contributed by atoms with Crippen LogP contribution in [0.4, 0.5) is 11.4 Å². The van der Waals surface area contributed by atoms with Crippen LogP contribution in [0.1, 0.15) is 0 Å². The Bertz CT molecular complexity index is 1170. The van der Waals surface area contributed by atoms with Crippen molar-refractivity contribution >= 4 is 43.0 Å². The van der Waals surface area contributed by atoms with Crippen LogP contribution in [0.3, 0.4) is 0 Å². The van der Waals surface area contributed by atoms with Crippen molar-refractivity contribution in [2.45, 2.75) is 4.90 Å². The molecule has 2 heterocycles. The second kappa shape index (κ2) is 5.31. The summed E-state index contributed by atoms with van der Waals surface area (Å²) in [6.45, 7) is 0. The molecule has 0 radical (unpaired) electrons. The lowest BCUT2D eigenvalue weighted by molar-refractivity contribution is 0.602. The highest BCUT2D eigenvalue weighted by molar-refractivity contribution is 7.90. The molecule has 0 saturated carbocycles. The number of nitrogens with zero attached hydrogens (tertiary/aromatic N) is 2. The first-order valence-electron chi connectivity index (χ1n) is 7.30. The van der Waals surface area contributed by atoms with Crippen LogP contribution in [-0.2, 0) is 9.84 Å². The van der Waals surface area contributed by atoms with E-state index in [0.717, 1.165) is 33.2 Å². The van der Waals surface area contributed by atoms with Gasteiger partial charge in [0, 0.05) is 34.6 Å². The number of nitrogens with one attached hydrogen (secondary N) is 2. The smallest absolute Gasteiger partial charge is 0.175 e. The zero-order chi connectivity index (χ0) is 16.7. The Kier molecular flexibility index (Phi) is 3.24. The van der Waals surface area contributed by atoms with E-state index in [1.165, 1.54) is 6.26 Å². The molecule has 0 saturated heterocycles. The lowest BCUT2D eigenvalue weighted by Crippen LogP contribution is -1.98. The normalized spacial score (nSPS) is 11.9. The van der Waals surface area contributed by atoms with Crippen LogP contribution < -0.4 is 5.32 Å². The van der Waals surface area contributed by atoms with Crippen molar-refractivity contribution in [2.24, 2.45) is 0 Å². The molecule has 0 fully saturated rings. The first-order chi connectivity index (χ1) is 11.5. The third-order valence-corrected chi connectivity index (χ3v) is 4.97. The Balaban J connectivity index is 1.83. The van der Waals surface area contributed by atoms with Crippen molar-refractivity contribution in [1.82, 2.24) is 15.2 Å². The average Bonchev–Trinajstić information content (AvgIpc) is 3.01. The molecule has 0 unspecified atom stereocenters. The molecule has 0 spiro atoms. The fourth-order valence-electron chi connectivity index (χ4n) is 2.64. The van der Waals surface area contributed by atoms with Gasteiger partial charge in [0.25, 0.3) is 0 Å². The maximum Gasteiger partial charge on any atom is 0.175 e. The van der Waals surface area contributed by atoms with Crippen LogP contribution >= 0.6 is 0 Å². The second-order valence-electron chi connectivity index (χ2n) is 5.61. The average molecular weight is 338 g/mol. The van der Waals surface area contributed by atoms with E-state index in [2.05, 4.69) is 20.5 Å². The molecule has 0 aliphatic carbocycles. The van der Waals surface area contributed by atoms with Gasteiger partial charge in [-0.1, -0.05) is 0 Å². The van der Waals surface area contributed by atoms with Crippen molar-refractivity contribution in [2.75, 3.05) is 11.6 Å². The number of anilines is 2. The van der Waals surface area contributed by atoms with Crippen molar-refractivity contribution in [3.05, 3.63) is 54.9 Å². The number of hydrogen-bond acceptors (Lipinski definition) is 5. The Hall–Kier alpha value is -2.93. The summed E-state index contributed by atoms with van der Waals surface area (Å²) in [7, 11) is -3.27. The first-order valence-corrected chi connectivity index (χ1v) is 9.19. The number of H-pyrrole nitrogens is 1. The summed E-state index contributed by atoms with van der Waals surface area (Å²) < 4.78 is 23.6. The minimum atomic E-state index is -3.27. The molecule has 2 N–H and O–H groups in total. The molecule has 24 heavy (non-hydrogen) atoms. The van der Waals surface area contributed by atoms with E-state index >= 15 is 0 Å². The molecule has 0 bridgehead atoms. The molecule has 2 aromatic carbocycles. The van der Waals surface area contributed by atoms with Gasteiger partial charge < -0.3 is 5.32 Å². The number of aromatic amines is 1. The highest BCUT2D eigenvalue weighted by Crippen LogP contribution is 2.28. The Labute approximate surface area is 138 Å². The number of fused-ring (bicyclic) bond motifs is 2. The van der Waals surface area contributed by atoms with Gasteiger partial charge in [0.1, 0.15) is 0 Å². The summed E-state index contributed by atoms with van der Waals surface area (Å²) in [6.07, 6.45) is 4.66. The van der Waals surface area contributed by atoms with Gasteiger partial charge in [0.15, 0.2) is 9.84 Å². The zero-order valence-electron chi connectivity index (χ0n) is 12.8. The van der Waals surface area contributed by atoms with E-state index in [-0.39, 0.29) is 4.90 Å². The highest BCUT2D eigenvalue weighted by atomic mass is 32.2. The molecule has 0 aliphatic heterocycles. The summed E-state index contributed by atoms with van der Waals surface area (Å²) in [5, 5.41) is 12.0. The quantitative estimate of drug-likeness (QED) is 0.599. The van der Waals surface area contributed by atoms with Crippen molar-refractivity contribution < 1.29 is 8.42 Å². The topological polar surface area (TPSA) is 87.7 Å². The largest absolute Gasteiger partial charge is 0.355 e. The Morgan fingerprint density at radius 1 is 1.08 bits per heavy atom. The van der Waals surface area contributed by atoms with Gasteiger partial charge in [0.2, 0.25) is 0 Å². The molecule has 4 aromatic rings. The number of benzene rings is 2. The maximum atomic E-state index is 11.8. The summed E-state index contributed by atoms with van der Waals surface area (Å²) in [5.41, 5.74) is 3.33. The van der Waals surface area contributed by atoms with Gasteiger partial charge in [-0.25, -0.2) is 8.42 Å². The molecule has 6 nitrogen and oxygen atoms in total. The molecule has 0 aliphatic rings. The third-order valence-electron chi connectivity index (χ3n) is 3.86. The second-order valence-corrected chi connectivity index (χ2v) is 7.62. The zero-order valence-corrected chi connectivity index (χ0v) is 13.6. The number of aromatic nitrogens is 3. The molecule has 0 atom stereocenters. The maximum absolute atomic E-state index is 11.8. The van der Waals surface area contributed by atoms with E-state index in [1.54, 1.807) is 30.6 Å². The van der Waals surface area contributed by atoms with Crippen LogP contribution in [0.15, 0.2) is 59.8 Å². The van der Waals surface area contributed by atoms with Gasteiger partial charge in [-0.2, -0.15) is 5.10 Å². The summed E-state index contributed by atoms with van der Waals surface area (Å²) in [4.78, 5) is 4.57.